The highest BCUT2D eigenvalue weighted by Crippen LogP contribution is 2.28. The topological polar surface area (TPSA) is 104 Å². The fraction of sp³-hybridized carbons (Fsp3) is 0.375. The molecule has 1 saturated heterocycles. The molecule has 0 spiro atoms. The molecule has 4 rings (SSSR count). The molecule has 0 radical (unpaired) electrons. The highest BCUT2D eigenvalue weighted by molar-refractivity contribution is 5.89. The molecule has 10 heteroatoms. The van der Waals surface area contributed by atoms with Crippen molar-refractivity contribution < 1.29 is 18.4 Å². The number of halogens is 2. The number of likely N-dealkylation sites (tertiary alicyclic amines) is 1. The maximum atomic E-state index is 14.8. The minimum absolute atomic E-state index is 0.0116. The quantitative estimate of drug-likeness (QED) is 0.555. The van der Waals surface area contributed by atoms with Gasteiger partial charge in [0, 0.05) is 6.42 Å². The molecule has 3 atom stereocenters. The van der Waals surface area contributed by atoms with E-state index < -0.39 is 30.1 Å². The van der Waals surface area contributed by atoms with E-state index in [-0.39, 0.29) is 36.9 Å². The van der Waals surface area contributed by atoms with Crippen molar-refractivity contribution in [3.63, 3.8) is 0 Å². The average molecular weight is 469 g/mol. The molecule has 1 fully saturated rings. The lowest BCUT2D eigenvalue weighted by molar-refractivity contribution is -0.138. The number of aromatic amines is 1. The van der Waals surface area contributed by atoms with E-state index >= 15 is 0 Å². The van der Waals surface area contributed by atoms with Gasteiger partial charge in [0.1, 0.15) is 18.0 Å². The predicted molar refractivity (Wildman–Crippen MR) is 120 cm³/mol. The van der Waals surface area contributed by atoms with Crippen LogP contribution in [0.3, 0.4) is 0 Å². The molecule has 0 unspecified atom stereocenters. The summed E-state index contributed by atoms with van der Waals surface area (Å²) >= 11 is 0. The Morgan fingerprint density at radius 1 is 1.18 bits per heavy atom. The van der Waals surface area contributed by atoms with E-state index in [2.05, 4.69) is 25.9 Å². The second-order valence-electron chi connectivity index (χ2n) is 8.69. The molecule has 1 aromatic heterocycles. The number of aromatic nitrogens is 4. The number of amides is 2. The van der Waals surface area contributed by atoms with Crippen LogP contribution < -0.4 is 5.32 Å². The van der Waals surface area contributed by atoms with Crippen LogP contribution in [-0.4, -0.2) is 56.1 Å². The van der Waals surface area contributed by atoms with Crippen LogP contribution >= 0.6 is 0 Å². The van der Waals surface area contributed by atoms with Gasteiger partial charge in [0.2, 0.25) is 11.8 Å². The number of hydrogen-bond donors (Lipinski definition) is 2. The van der Waals surface area contributed by atoms with Gasteiger partial charge in [-0.1, -0.05) is 61.5 Å². The number of alkyl halides is 1. The van der Waals surface area contributed by atoms with Crippen LogP contribution in [0.4, 0.5) is 8.78 Å². The zero-order valence-corrected chi connectivity index (χ0v) is 18.9. The fourth-order valence-corrected chi connectivity index (χ4v) is 4.24. The molecule has 34 heavy (non-hydrogen) atoms. The van der Waals surface area contributed by atoms with Crippen LogP contribution in [0.25, 0.3) is 0 Å². The first-order chi connectivity index (χ1) is 16.3. The van der Waals surface area contributed by atoms with Crippen LogP contribution in [0, 0.1) is 5.82 Å². The van der Waals surface area contributed by atoms with Crippen LogP contribution in [0.2, 0.25) is 0 Å². The van der Waals surface area contributed by atoms with E-state index in [9.17, 15) is 18.4 Å². The van der Waals surface area contributed by atoms with Crippen LogP contribution in [0.15, 0.2) is 48.5 Å². The van der Waals surface area contributed by atoms with Gasteiger partial charge in [0.15, 0.2) is 5.82 Å². The van der Waals surface area contributed by atoms with Crippen LogP contribution in [-0.2, 0) is 16.0 Å². The third-order valence-corrected chi connectivity index (χ3v) is 5.97. The van der Waals surface area contributed by atoms with Gasteiger partial charge < -0.3 is 10.2 Å². The van der Waals surface area contributed by atoms with Gasteiger partial charge in [0.05, 0.1) is 19.0 Å². The highest BCUT2D eigenvalue weighted by Gasteiger charge is 2.40. The van der Waals surface area contributed by atoms with Gasteiger partial charge in [-0.3, -0.25) is 9.59 Å². The lowest BCUT2D eigenvalue weighted by Gasteiger charge is -2.27. The summed E-state index contributed by atoms with van der Waals surface area (Å²) < 4.78 is 29.1. The van der Waals surface area contributed by atoms with Crippen molar-refractivity contribution >= 4 is 11.8 Å². The normalized spacial score (nSPS) is 18.8. The van der Waals surface area contributed by atoms with Crippen molar-refractivity contribution in [1.29, 1.82) is 0 Å². The van der Waals surface area contributed by atoms with E-state index in [0.29, 0.717) is 11.1 Å². The van der Waals surface area contributed by atoms with Gasteiger partial charge >= 0.3 is 0 Å². The number of carbonyl (C=O) groups is 2. The number of nitrogens with zero attached hydrogens (tertiary/aromatic N) is 4. The molecule has 0 aliphatic carbocycles. The zero-order valence-electron chi connectivity index (χ0n) is 18.9. The Kier molecular flexibility index (Phi) is 6.95. The molecular weight excluding hydrogens is 442 g/mol. The largest absolute Gasteiger partial charge is 0.343 e. The molecule has 2 heterocycles. The molecule has 3 aromatic rings. The van der Waals surface area contributed by atoms with Crippen LogP contribution in [0.5, 0.6) is 0 Å². The third-order valence-electron chi connectivity index (χ3n) is 5.97. The van der Waals surface area contributed by atoms with Gasteiger partial charge in [-0.2, -0.15) is 5.21 Å². The van der Waals surface area contributed by atoms with E-state index in [1.165, 1.54) is 11.0 Å². The molecule has 0 saturated carbocycles. The molecule has 1 aliphatic rings. The Morgan fingerprint density at radius 3 is 2.59 bits per heavy atom. The number of tetrazole rings is 1. The van der Waals surface area contributed by atoms with E-state index in [1.54, 1.807) is 12.1 Å². The summed E-state index contributed by atoms with van der Waals surface area (Å²) in [7, 11) is 0. The van der Waals surface area contributed by atoms with Crippen molar-refractivity contribution in [1.82, 2.24) is 30.8 Å². The molecule has 2 N–H and O–H groups in total. The first-order valence-corrected chi connectivity index (χ1v) is 11.1. The molecule has 2 aromatic carbocycles. The molecule has 1 aliphatic heterocycles. The second kappa shape index (κ2) is 10.1. The Balaban J connectivity index is 1.59. The smallest absolute Gasteiger partial charge is 0.243 e. The summed E-state index contributed by atoms with van der Waals surface area (Å²) in [4.78, 5) is 27.3. The summed E-state index contributed by atoms with van der Waals surface area (Å²) in [6, 6.07) is 12.4. The lowest BCUT2D eigenvalue weighted by Crippen LogP contribution is -2.47. The number of nitrogens with one attached hydrogen (secondary N) is 2. The van der Waals surface area contributed by atoms with E-state index in [4.69, 9.17) is 0 Å². The molecule has 8 nitrogen and oxygen atoms in total. The SMILES string of the molecule is CC(C)c1ccc([C@H](NC(=O)[C@@H]2C[C@@H](F)CN2C(=O)Cc2nn[nH]n2)c2ccccc2)cc1F. The summed E-state index contributed by atoms with van der Waals surface area (Å²) in [6.45, 7) is 3.62. The Hall–Kier alpha value is -3.69. The number of H-pyrrole nitrogens is 1. The Labute approximate surface area is 195 Å². The number of benzene rings is 2. The van der Waals surface area contributed by atoms with Gasteiger partial charge in [-0.25, -0.2) is 8.78 Å². The van der Waals surface area contributed by atoms with Crippen molar-refractivity contribution in [2.45, 2.75) is 50.9 Å². The minimum Gasteiger partial charge on any atom is -0.343 e. The number of rotatable bonds is 7. The first-order valence-electron chi connectivity index (χ1n) is 11.1. The average Bonchev–Trinajstić information content (AvgIpc) is 3.47. The summed E-state index contributed by atoms with van der Waals surface area (Å²) in [5.74, 6) is -1.16. The Morgan fingerprint density at radius 2 is 1.94 bits per heavy atom. The molecule has 0 bridgehead atoms. The van der Waals surface area contributed by atoms with Gasteiger partial charge in [-0.05, 0) is 28.7 Å². The van der Waals surface area contributed by atoms with Gasteiger partial charge in [0.25, 0.3) is 0 Å². The monoisotopic (exact) mass is 468 g/mol. The zero-order chi connectivity index (χ0) is 24.2. The fourth-order valence-electron chi connectivity index (χ4n) is 4.24. The van der Waals surface area contributed by atoms with Crippen molar-refractivity contribution in [3.8, 4) is 0 Å². The van der Waals surface area contributed by atoms with Crippen molar-refractivity contribution in [2.75, 3.05) is 6.54 Å². The lowest BCUT2D eigenvalue weighted by atomic mass is 9.94. The summed E-state index contributed by atoms with van der Waals surface area (Å²) in [6.07, 6.45) is -1.65. The molecule has 178 valence electrons. The highest BCUT2D eigenvalue weighted by atomic mass is 19.1. The van der Waals surface area contributed by atoms with E-state index in [0.717, 1.165) is 5.56 Å². The van der Waals surface area contributed by atoms with E-state index in [1.807, 2.05) is 44.2 Å². The number of carbonyl (C=O) groups excluding carboxylic acids is 2. The first kappa shape index (κ1) is 23.5. The molecular formula is C24H26F2N6O2. The minimum atomic E-state index is -1.33. The predicted octanol–water partition coefficient (Wildman–Crippen LogP) is 2.85. The number of hydrogen-bond acceptors (Lipinski definition) is 5. The second-order valence-corrected chi connectivity index (χ2v) is 8.69. The summed E-state index contributed by atoms with van der Waals surface area (Å²) in [5.41, 5.74) is 1.88. The third kappa shape index (κ3) is 5.11. The summed E-state index contributed by atoms with van der Waals surface area (Å²) in [5, 5.41) is 16.1. The van der Waals surface area contributed by atoms with Gasteiger partial charge in [-0.15, -0.1) is 10.2 Å². The Bertz CT molecular complexity index is 1140. The molecule has 2 amide bonds. The maximum absolute atomic E-state index is 14.8. The maximum Gasteiger partial charge on any atom is 0.243 e. The van der Waals surface area contributed by atoms with Crippen LogP contribution in [0.1, 0.15) is 54.7 Å². The van der Waals surface area contributed by atoms with Crippen molar-refractivity contribution in [2.24, 2.45) is 0 Å². The standard InChI is InChI=1S/C24H26F2N6O2/c1-14(2)18-9-8-16(10-19(18)26)23(15-6-4-3-5-7-15)27-24(34)20-11-17(25)13-32(20)22(33)12-21-28-30-31-29-21/h3-10,14,17,20,23H,11-13H2,1-2H3,(H,27,34)(H,28,29,30,31)/t17-,20+,23-/m1/s1. The van der Waals surface area contributed by atoms with Crippen molar-refractivity contribution in [3.05, 3.63) is 76.9 Å².